The van der Waals surface area contributed by atoms with Crippen molar-refractivity contribution >= 4 is 23.2 Å². The van der Waals surface area contributed by atoms with Crippen LogP contribution in [0.3, 0.4) is 0 Å². The minimum absolute atomic E-state index is 0.282. The first-order chi connectivity index (χ1) is 14.0. The lowest BCUT2D eigenvalue weighted by Crippen LogP contribution is -2.13. The number of hydrogen-bond acceptors (Lipinski definition) is 7. The average Bonchev–Trinajstić information content (AvgIpc) is 2.73. The summed E-state index contributed by atoms with van der Waals surface area (Å²) in [5, 5.41) is 5.88. The Kier molecular flexibility index (Phi) is 6.13. The van der Waals surface area contributed by atoms with E-state index in [2.05, 4.69) is 20.6 Å². The predicted molar refractivity (Wildman–Crippen MR) is 111 cm³/mol. The van der Waals surface area contributed by atoms with E-state index in [1.54, 1.807) is 26.4 Å². The second kappa shape index (κ2) is 8.92. The standard InChI is InChI=1S/C21H22N4O4/c1-13-6-5-7-15(8-13)24-20(26)14-11-22-21(23-12-14)25-16-9-17(27-2)19(29-4)18(10-16)28-3/h5-12H,1-4H3,(H,24,26)(H,22,23,25). The molecule has 0 aliphatic heterocycles. The number of carbonyl (C=O) groups is 1. The number of benzene rings is 2. The maximum atomic E-state index is 12.4. The summed E-state index contributed by atoms with van der Waals surface area (Å²) in [7, 11) is 4.62. The summed E-state index contributed by atoms with van der Waals surface area (Å²) in [5.74, 6) is 1.54. The molecule has 0 atom stereocenters. The average molecular weight is 394 g/mol. The highest BCUT2D eigenvalue weighted by Gasteiger charge is 2.14. The predicted octanol–water partition coefficient (Wildman–Crippen LogP) is 3.81. The summed E-state index contributed by atoms with van der Waals surface area (Å²) in [6, 6.07) is 11.0. The number of nitrogens with one attached hydrogen (secondary N) is 2. The van der Waals surface area contributed by atoms with Gasteiger partial charge in [0.25, 0.3) is 5.91 Å². The van der Waals surface area contributed by atoms with Gasteiger partial charge in [-0.2, -0.15) is 0 Å². The van der Waals surface area contributed by atoms with Crippen LogP contribution in [0.25, 0.3) is 0 Å². The molecule has 0 fully saturated rings. The van der Waals surface area contributed by atoms with Crippen LogP contribution in [0.1, 0.15) is 15.9 Å². The summed E-state index contributed by atoms with van der Waals surface area (Å²) in [6.45, 7) is 1.96. The fourth-order valence-corrected chi connectivity index (χ4v) is 2.72. The number of amides is 1. The van der Waals surface area contributed by atoms with Gasteiger partial charge in [-0.25, -0.2) is 9.97 Å². The Labute approximate surface area is 168 Å². The van der Waals surface area contributed by atoms with Gasteiger partial charge in [-0.3, -0.25) is 4.79 Å². The van der Waals surface area contributed by atoms with Crippen LogP contribution in [0.5, 0.6) is 17.2 Å². The molecule has 150 valence electrons. The second-order valence-corrected chi connectivity index (χ2v) is 6.16. The molecule has 0 saturated carbocycles. The number of hydrogen-bond donors (Lipinski definition) is 2. The number of rotatable bonds is 7. The Balaban J connectivity index is 1.74. The minimum atomic E-state index is -0.282. The van der Waals surface area contributed by atoms with E-state index in [1.807, 2.05) is 31.2 Å². The molecule has 3 rings (SSSR count). The Morgan fingerprint density at radius 1 is 0.897 bits per heavy atom. The van der Waals surface area contributed by atoms with Gasteiger partial charge in [-0.05, 0) is 24.6 Å². The highest BCUT2D eigenvalue weighted by Crippen LogP contribution is 2.40. The van der Waals surface area contributed by atoms with Crippen molar-refractivity contribution in [3.8, 4) is 17.2 Å². The van der Waals surface area contributed by atoms with Crippen molar-refractivity contribution in [3.63, 3.8) is 0 Å². The molecule has 8 heteroatoms. The molecule has 29 heavy (non-hydrogen) atoms. The summed E-state index contributed by atoms with van der Waals surface area (Å²) in [4.78, 5) is 20.8. The van der Waals surface area contributed by atoms with Gasteiger partial charge in [0.15, 0.2) is 11.5 Å². The van der Waals surface area contributed by atoms with Crippen molar-refractivity contribution in [2.24, 2.45) is 0 Å². The molecular weight excluding hydrogens is 372 g/mol. The topological polar surface area (TPSA) is 94.6 Å². The maximum absolute atomic E-state index is 12.4. The highest BCUT2D eigenvalue weighted by atomic mass is 16.5. The molecule has 1 amide bonds. The summed E-state index contributed by atoms with van der Waals surface area (Å²) >= 11 is 0. The minimum Gasteiger partial charge on any atom is -0.493 e. The van der Waals surface area contributed by atoms with Gasteiger partial charge in [0.2, 0.25) is 11.7 Å². The Morgan fingerprint density at radius 2 is 1.55 bits per heavy atom. The summed E-state index contributed by atoms with van der Waals surface area (Å²) in [6.07, 6.45) is 2.91. The summed E-state index contributed by atoms with van der Waals surface area (Å²) < 4.78 is 16.0. The van der Waals surface area contributed by atoms with Gasteiger partial charge in [0.05, 0.1) is 26.9 Å². The van der Waals surface area contributed by atoms with Crippen LogP contribution in [0.4, 0.5) is 17.3 Å². The van der Waals surface area contributed by atoms with Gasteiger partial charge in [0.1, 0.15) is 0 Å². The van der Waals surface area contributed by atoms with Gasteiger partial charge in [-0.15, -0.1) is 0 Å². The van der Waals surface area contributed by atoms with Crippen LogP contribution in [-0.2, 0) is 0 Å². The number of nitrogens with zero attached hydrogens (tertiary/aromatic N) is 2. The molecular formula is C21H22N4O4. The first-order valence-corrected chi connectivity index (χ1v) is 8.81. The fourth-order valence-electron chi connectivity index (χ4n) is 2.72. The number of carbonyl (C=O) groups excluding carboxylic acids is 1. The Hall–Kier alpha value is -3.81. The van der Waals surface area contributed by atoms with E-state index in [0.29, 0.717) is 34.4 Å². The quantitative estimate of drug-likeness (QED) is 0.629. The third kappa shape index (κ3) is 4.73. The Bertz CT molecular complexity index is 981. The van der Waals surface area contributed by atoms with E-state index in [9.17, 15) is 4.79 Å². The molecule has 0 unspecified atom stereocenters. The van der Waals surface area contributed by atoms with Crippen LogP contribution >= 0.6 is 0 Å². The zero-order valence-electron chi connectivity index (χ0n) is 16.6. The molecule has 8 nitrogen and oxygen atoms in total. The van der Waals surface area contributed by atoms with E-state index in [1.165, 1.54) is 19.5 Å². The zero-order valence-corrected chi connectivity index (χ0v) is 16.6. The molecule has 0 radical (unpaired) electrons. The second-order valence-electron chi connectivity index (χ2n) is 6.16. The van der Waals surface area contributed by atoms with E-state index >= 15 is 0 Å². The van der Waals surface area contributed by atoms with Gasteiger partial charge in [0, 0.05) is 35.9 Å². The van der Waals surface area contributed by atoms with E-state index in [-0.39, 0.29) is 5.91 Å². The lowest BCUT2D eigenvalue weighted by Gasteiger charge is -2.14. The van der Waals surface area contributed by atoms with Crippen molar-refractivity contribution in [1.29, 1.82) is 0 Å². The maximum Gasteiger partial charge on any atom is 0.258 e. The van der Waals surface area contributed by atoms with Crippen molar-refractivity contribution < 1.29 is 19.0 Å². The van der Waals surface area contributed by atoms with E-state index in [4.69, 9.17) is 14.2 Å². The first-order valence-electron chi connectivity index (χ1n) is 8.81. The van der Waals surface area contributed by atoms with Crippen LogP contribution in [0.2, 0.25) is 0 Å². The highest BCUT2D eigenvalue weighted by molar-refractivity contribution is 6.03. The van der Waals surface area contributed by atoms with Gasteiger partial charge < -0.3 is 24.8 Å². The van der Waals surface area contributed by atoms with Crippen LogP contribution in [-0.4, -0.2) is 37.2 Å². The van der Waals surface area contributed by atoms with Crippen molar-refractivity contribution in [3.05, 3.63) is 59.9 Å². The number of methoxy groups -OCH3 is 3. The zero-order chi connectivity index (χ0) is 20.8. The smallest absolute Gasteiger partial charge is 0.258 e. The van der Waals surface area contributed by atoms with Crippen LogP contribution in [0.15, 0.2) is 48.8 Å². The first kappa shape index (κ1) is 19.9. The normalized spacial score (nSPS) is 10.2. The van der Waals surface area contributed by atoms with Crippen molar-refractivity contribution in [2.45, 2.75) is 6.92 Å². The molecule has 0 aliphatic rings. The lowest BCUT2D eigenvalue weighted by atomic mass is 10.2. The van der Waals surface area contributed by atoms with Gasteiger partial charge in [-0.1, -0.05) is 12.1 Å². The van der Waals surface area contributed by atoms with Crippen LogP contribution in [0, 0.1) is 6.92 Å². The number of aromatic nitrogens is 2. The third-order valence-corrected chi connectivity index (χ3v) is 4.11. The molecule has 0 saturated heterocycles. The molecule has 2 aromatic carbocycles. The molecule has 1 heterocycles. The Morgan fingerprint density at radius 3 is 2.10 bits per heavy atom. The summed E-state index contributed by atoms with van der Waals surface area (Å²) in [5.41, 5.74) is 2.77. The number of anilines is 3. The SMILES string of the molecule is COc1cc(Nc2ncc(C(=O)Nc3cccc(C)c3)cn2)cc(OC)c1OC. The molecule has 0 bridgehead atoms. The molecule has 3 aromatic rings. The van der Waals surface area contributed by atoms with Crippen molar-refractivity contribution in [2.75, 3.05) is 32.0 Å². The largest absolute Gasteiger partial charge is 0.493 e. The molecule has 0 spiro atoms. The van der Waals surface area contributed by atoms with E-state index in [0.717, 1.165) is 11.3 Å². The van der Waals surface area contributed by atoms with Gasteiger partial charge >= 0.3 is 0 Å². The third-order valence-electron chi connectivity index (χ3n) is 4.11. The molecule has 0 aliphatic carbocycles. The molecule has 2 N–H and O–H groups in total. The van der Waals surface area contributed by atoms with E-state index < -0.39 is 0 Å². The van der Waals surface area contributed by atoms with Crippen LogP contribution < -0.4 is 24.8 Å². The lowest BCUT2D eigenvalue weighted by molar-refractivity contribution is 0.102. The number of ether oxygens (including phenoxy) is 3. The monoisotopic (exact) mass is 394 g/mol. The van der Waals surface area contributed by atoms with Crippen molar-refractivity contribution in [1.82, 2.24) is 9.97 Å². The molecule has 1 aromatic heterocycles. The fraction of sp³-hybridized carbons (Fsp3) is 0.190. The number of aryl methyl sites for hydroxylation is 1.